The maximum atomic E-state index is 15.5. The minimum Gasteiger partial charge on any atom is -0.497 e. The average Bonchev–Trinajstić information content (AvgIpc) is 3.04. The van der Waals surface area contributed by atoms with Crippen molar-refractivity contribution >= 4 is 19.6 Å². The van der Waals surface area contributed by atoms with Gasteiger partial charge in [-0.05, 0) is 104 Å². The standard InChI is InChI=1S/C37H51N2O6P/c1-24(2)29-14-10-26(5)34(20-29)44-46(41,45-35-21-30(25(3)4)15-11-27(35)6)37(31-9-8-18-39-23-31)43-36(40)32(22-38)19-28-12-16-33(42-7)17-13-28/h8-9,12-13,16-19,23-27,29-30,34-35,37H,10-11,14-15,20-21H2,1-7H3/b32-19+/t26-,27+,29-,30-,34-,35-,37+,46?/m1/s1. The lowest BCUT2D eigenvalue weighted by Crippen LogP contribution is -2.35. The van der Waals surface area contributed by atoms with Gasteiger partial charge in [-0.15, -0.1) is 0 Å². The molecule has 1 unspecified atom stereocenters. The molecular formula is C37H51N2O6P. The number of carbonyl (C=O) groups is 1. The van der Waals surface area contributed by atoms with E-state index in [-0.39, 0.29) is 29.6 Å². The van der Waals surface area contributed by atoms with Crippen molar-refractivity contribution in [3.8, 4) is 11.8 Å². The molecule has 0 N–H and O–H groups in total. The van der Waals surface area contributed by atoms with Crippen LogP contribution in [0.15, 0.2) is 54.4 Å². The molecule has 1 heterocycles. The zero-order valence-corrected chi connectivity index (χ0v) is 29.3. The van der Waals surface area contributed by atoms with Crippen molar-refractivity contribution < 1.29 is 27.9 Å². The van der Waals surface area contributed by atoms with Crippen molar-refractivity contribution in [2.75, 3.05) is 7.11 Å². The Hall–Kier alpha value is -2.98. The molecule has 9 heteroatoms. The van der Waals surface area contributed by atoms with Gasteiger partial charge in [-0.2, -0.15) is 5.26 Å². The van der Waals surface area contributed by atoms with Gasteiger partial charge in [0.05, 0.1) is 19.3 Å². The van der Waals surface area contributed by atoms with E-state index in [0.717, 1.165) is 38.5 Å². The van der Waals surface area contributed by atoms with E-state index in [1.165, 1.54) is 12.3 Å². The smallest absolute Gasteiger partial charge is 0.376 e. The monoisotopic (exact) mass is 650 g/mol. The van der Waals surface area contributed by atoms with Crippen molar-refractivity contribution in [2.45, 2.75) is 98.1 Å². The van der Waals surface area contributed by atoms with Crippen LogP contribution in [0.2, 0.25) is 0 Å². The highest BCUT2D eigenvalue weighted by Crippen LogP contribution is 2.65. The molecule has 0 radical (unpaired) electrons. The molecule has 1 aromatic carbocycles. The Bertz CT molecular complexity index is 1370. The highest BCUT2D eigenvalue weighted by Gasteiger charge is 2.48. The van der Waals surface area contributed by atoms with Crippen LogP contribution >= 0.6 is 7.60 Å². The Kier molecular flexibility index (Phi) is 12.6. The molecule has 0 aliphatic heterocycles. The third kappa shape index (κ3) is 9.09. The highest BCUT2D eigenvalue weighted by atomic mass is 31.2. The van der Waals surface area contributed by atoms with Crippen LogP contribution in [0.5, 0.6) is 5.75 Å². The lowest BCUT2D eigenvalue weighted by molar-refractivity contribution is -0.142. The number of hydrogen-bond acceptors (Lipinski definition) is 8. The van der Waals surface area contributed by atoms with E-state index in [2.05, 4.69) is 46.5 Å². The molecule has 8 atom stereocenters. The summed E-state index contributed by atoms with van der Waals surface area (Å²) in [4.78, 5) is 18.0. The van der Waals surface area contributed by atoms with Crippen LogP contribution < -0.4 is 4.74 Å². The number of nitrogens with zero attached hydrogens (tertiary/aromatic N) is 2. The summed E-state index contributed by atoms with van der Waals surface area (Å²) in [5, 5.41) is 10.0. The van der Waals surface area contributed by atoms with Gasteiger partial charge in [0.1, 0.15) is 17.4 Å². The molecule has 2 saturated carbocycles. The summed E-state index contributed by atoms with van der Waals surface area (Å²) >= 11 is 0. The summed E-state index contributed by atoms with van der Waals surface area (Å²) in [6.45, 7) is 13.1. The van der Waals surface area contributed by atoms with E-state index in [9.17, 15) is 10.1 Å². The zero-order valence-electron chi connectivity index (χ0n) is 28.4. The largest absolute Gasteiger partial charge is 0.497 e. The minimum atomic E-state index is -4.21. The average molecular weight is 651 g/mol. The highest BCUT2D eigenvalue weighted by molar-refractivity contribution is 7.54. The third-order valence-electron chi connectivity index (χ3n) is 10.0. The second-order valence-corrected chi connectivity index (χ2v) is 15.9. The van der Waals surface area contributed by atoms with Crippen LogP contribution in [0.3, 0.4) is 0 Å². The maximum Gasteiger partial charge on any atom is 0.376 e. The normalized spacial score (nSPS) is 27.4. The number of aromatic nitrogens is 1. The van der Waals surface area contributed by atoms with Gasteiger partial charge < -0.3 is 18.5 Å². The minimum absolute atomic E-state index is 0.147. The van der Waals surface area contributed by atoms with E-state index in [1.54, 1.807) is 49.7 Å². The molecule has 8 nitrogen and oxygen atoms in total. The third-order valence-corrected chi connectivity index (χ3v) is 12.1. The van der Waals surface area contributed by atoms with Crippen LogP contribution in [0, 0.1) is 46.8 Å². The van der Waals surface area contributed by atoms with Crippen molar-refractivity contribution in [2.24, 2.45) is 35.5 Å². The fraction of sp³-hybridized carbons (Fsp3) is 0.595. The number of carbonyl (C=O) groups excluding carboxylic acids is 1. The van der Waals surface area contributed by atoms with Crippen molar-refractivity contribution in [3.05, 3.63) is 65.5 Å². The number of esters is 1. The van der Waals surface area contributed by atoms with E-state index >= 15 is 4.57 Å². The fourth-order valence-corrected chi connectivity index (χ4v) is 9.00. The summed E-state index contributed by atoms with van der Waals surface area (Å²) in [5.74, 6) is 0.389. The first-order valence-corrected chi connectivity index (χ1v) is 18.4. The van der Waals surface area contributed by atoms with E-state index in [1.807, 2.05) is 6.07 Å². The molecule has 0 spiro atoms. The molecule has 0 bridgehead atoms. The Balaban J connectivity index is 1.74. The molecule has 2 aliphatic carbocycles. The maximum absolute atomic E-state index is 15.5. The molecule has 0 saturated heterocycles. The lowest BCUT2D eigenvalue weighted by Gasteiger charge is -2.42. The molecule has 4 rings (SSSR count). The van der Waals surface area contributed by atoms with Crippen molar-refractivity contribution in [1.29, 1.82) is 5.26 Å². The molecule has 2 fully saturated rings. The first-order chi connectivity index (χ1) is 21.9. The van der Waals surface area contributed by atoms with E-state index in [0.29, 0.717) is 40.5 Å². The lowest BCUT2D eigenvalue weighted by atomic mass is 9.76. The molecule has 250 valence electrons. The number of ether oxygens (including phenoxy) is 2. The first kappa shape index (κ1) is 35.9. The SMILES string of the molecule is COc1ccc(/C=C(\C#N)C(=O)O[C@H](c2cccnc2)P(=O)(O[C@@H]2C[C@H](C(C)C)CC[C@H]2C)O[C@@H]2C[C@H](C(C)C)CC[C@@H]2C)cc1. The van der Waals surface area contributed by atoms with E-state index in [4.69, 9.17) is 18.5 Å². The van der Waals surface area contributed by atoms with Gasteiger partial charge in [-0.1, -0.05) is 59.7 Å². The van der Waals surface area contributed by atoms with Crippen LogP contribution in [0.25, 0.3) is 6.08 Å². The number of pyridine rings is 1. The fourth-order valence-electron chi connectivity index (χ4n) is 6.65. The Labute approximate surface area is 275 Å². The molecule has 0 amide bonds. The van der Waals surface area contributed by atoms with Gasteiger partial charge in [0.15, 0.2) is 0 Å². The van der Waals surface area contributed by atoms with Crippen molar-refractivity contribution in [3.63, 3.8) is 0 Å². The van der Waals surface area contributed by atoms with Gasteiger partial charge in [0.2, 0.25) is 5.85 Å². The quantitative estimate of drug-likeness (QED) is 0.0968. The Morgan fingerprint density at radius 2 is 1.50 bits per heavy atom. The van der Waals surface area contributed by atoms with Crippen molar-refractivity contribution in [1.82, 2.24) is 4.98 Å². The summed E-state index contributed by atoms with van der Waals surface area (Å²) in [7, 11) is -2.64. The van der Waals surface area contributed by atoms with Crippen LogP contribution in [-0.2, 0) is 23.1 Å². The number of nitriles is 1. The summed E-state index contributed by atoms with van der Waals surface area (Å²) in [6, 6.07) is 12.4. The van der Waals surface area contributed by atoms with Gasteiger partial charge in [0.25, 0.3) is 0 Å². The molecule has 2 aromatic rings. The molecular weight excluding hydrogens is 599 g/mol. The Morgan fingerprint density at radius 3 is 1.96 bits per heavy atom. The molecule has 1 aromatic heterocycles. The van der Waals surface area contributed by atoms with Crippen LogP contribution in [0.4, 0.5) is 0 Å². The molecule has 46 heavy (non-hydrogen) atoms. The Morgan fingerprint density at radius 1 is 0.935 bits per heavy atom. The van der Waals surface area contributed by atoms with Gasteiger partial charge >= 0.3 is 13.6 Å². The van der Waals surface area contributed by atoms with Crippen LogP contribution in [0.1, 0.15) is 97.0 Å². The van der Waals surface area contributed by atoms with Gasteiger partial charge in [-0.3, -0.25) is 9.55 Å². The number of benzene rings is 1. The second-order valence-electron chi connectivity index (χ2n) is 13.9. The number of methoxy groups -OCH3 is 1. The predicted molar refractivity (Wildman–Crippen MR) is 180 cm³/mol. The molecule has 2 aliphatic rings. The topological polar surface area (TPSA) is 108 Å². The number of hydrogen-bond donors (Lipinski definition) is 0. The summed E-state index contributed by atoms with van der Waals surface area (Å²) in [5.41, 5.74) is 0.783. The zero-order chi connectivity index (χ0) is 33.4. The van der Waals surface area contributed by atoms with Gasteiger partial charge in [0, 0.05) is 18.0 Å². The number of rotatable bonds is 12. The summed E-state index contributed by atoms with van der Waals surface area (Å²) in [6.07, 6.45) is 9.46. The first-order valence-electron chi connectivity index (χ1n) is 16.8. The second kappa shape index (κ2) is 16.2. The summed E-state index contributed by atoms with van der Waals surface area (Å²) < 4.78 is 40.2. The van der Waals surface area contributed by atoms with Crippen LogP contribution in [-0.4, -0.2) is 30.3 Å². The predicted octanol–water partition coefficient (Wildman–Crippen LogP) is 9.39. The van der Waals surface area contributed by atoms with E-state index < -0.39 is 19.4 Å². The van der Waals surface area contributed by atoms with Gasteiger partial charge in [-0.25, -0.2) is 4.79 Å².